The normalized spacial score (nSPS) is 14.6. The summed E-state index contributed by atoms with van der Waals surface area (Å²) in [5, 5.41) is 11.6. The number of hydrogen-bond donors (Lipinski definition) is 2. The lowest BCUT2D eigenvalue weighted by Crippen LogP contribution is -2.49. The molecule has 0 atom stereocenters. The summed E-state index contributed by atoms with van der Waals surface area (Å²) in [6.07, 6.45) is 2.97. The third kappa shape index (κ3) is 5.19. The van der Waals surface area contributed by atoms with Crippen LogP contribution in [0.25, 0.3) is 0 Å². The molecule has 2 aromatic rings. The van der Waals surface area contributed by atoms with Gasteiger partial charge in [0.2, 0.25) is 5.91 Å². The molecule has 1 aliphatic heterocycles. The molecule has 2 amide bonds. The number of carbonyl (C=O) groups excluding carboxylic acids is 2. The molecule has 7 nitrogen and oxygen atoms in total. The molecule has 2 heterocycles. The van der Waals surface area contributed by atoms with Crippen LogP contribution in [0, 0.1) is 11.3 Å². The summed E-state index contributed by atoms with van der Waals surface area (Å²) in [5.41, 5.74) is 1.90. The van der Waals surface area contributed by atoms with E-state index in [2.05, 4.69) is 21.3 Å². The number of anilines is 1. The van der Waals surface area contributed by atoms with Crippen LogP contribution in [0.5, 0.6) is 0 Å². The number of piperazine rings is 1. The Bertz CT molecular complexity index is 800. The third-order valence-electron chi connectivity index (χ3n) is 4.66. The van der Waals surface area contributed by atoms with Gasteiger partial charge in [0.05, 0.1) is 11.6 Å². The Morgan fingerprint density at radius 2 is 1.85 bits per heavy atom. The van der Waals surface area contributed by atoms with Crippen molar-refractivity contribution in [3.8, 4) is 6.07 Å². The fourth-order valence-corrected chi connectivity index (χ4v) is 3.12. The number of aromatic nitrogens is 1. The fraction of sp³-hybridized carbons (Fsp3) is 0.350. The standard InChI is InChI=1S/C20H23N5O2/c21-15-16-5-7-17(8-6-16)23-19(26)4-2-10-24-11-13-25(14-12-24)20(27)18-3-1-9-22-18/h1,3,5-9,22H,2,4,10-14H2,(H,23,26). The summed E-state index contributed by atoms with van der Waals surface area (Å²) < 4.78 is 0. The highest BCUT2D eigenvalue weighted by Crippen LogP contribution is 2.11. The third-order valence-corrected chi connectivity index (χ3v) is 4.66. The Kier molecular flexibility index (Phi) is 6.23. The molecule has 0 aliphatic carbocycles. The number of carbonyl (C=O) groups is 2. The smallest absolute Gasteiger partial charge is 0.270 e. The van der Waals surface area contributed by atoms with E-state index in [9.17, 15) is 9.59 Å². The van der Waals surface area contributed by atoms with Gasteiger partial charge in [0, 0.05) is 44.5 Å². The quantitative estimate of drug-likeness (QED) is 0.820. The van der Waals surface area contributed by atoms with Gasteiger partial charge in [-0.05, 0) is 49.4 Å². The van der Waals surface area contributed by atoms with Gasteiger partial charge in [-0.3, -0.25) is 14.5 Å². The number of hydrogen-bond acceptors (Lipinski definition) is 4. The fourth-order valence-electron chi connectivity index (χ4n) is 3.12. The highest BCUT2D eigenvalue weighted by molar-refractivity contribution is 5.92. The minimum Gasteiger partial charge on any atom is -0.357 e. The van der Waals surface area contributed by atoms with Gasteiger partial charge < -0.3 is 15.2 Å². The SMILES string of the molecule is N#Cc1ccc(NC(=O)CCCN2CCN(C(=O)c3ccc[nH]3)CC2)cc1. The molecule has 1 aromatic carbocycles. The largest absolute Gasteiger partial charge is 0.357 e. The van der Waals surface area contributed by atoms with Crippen LogP contribution < -0.4 is 5.32 Å². The molecule has 0 spiro atoms. The first-order valence-corrected chi connectivity index (χ1v) is 9.11. The van der Waals surface area contributed by atoms with Crippen molar-refractivity contribution in [2.75, 3.05) is 38.0 Å². The number of amides is 2. The lowest BCUT2D eigenvalue weighted by molar-refractivity contribution is -0.116. The van der Waals surface area contributed by atoms with Crippen molar-refractivity contribution in [1.29, 1.82) is 5.26 Å². The van der Waals surface area contributed by atoms with E-state index in [4.69, 9.17) is 5.26 Å². The second kappa shape index (κ2) is 9.01. The van der Waals surface area contributed by atoms with Gasteiger partial charge in [-0.15, -0.1) is 0 Å². The Labute approximate surface area is 158 Å². The van der Waals surface area contributed by atoms with Crippen LogP contribution in [0.1, 0.15) is 28.9 Å². The maximum absolute atomic E-state index is 12.3. The van der Waals surface area contributed by atoms with Crippen molar-refractivity contribution in [1.82, 2.24) is 14.8 Å². The number of rotatable bonds is 6. The van der Waals surface area contributed by atoms with Gasteiger partial charge in [0.25, 0.3) is 5.91 Å². The summed E-state index contributed by atoms with van der Waals surface area (Å²) in [6, 6.07) is 12.5. The van der Waals surface area contributed by atoms with Crippen LogP contribution in [0.3, 0.4) is 0 Å². The molecule has 1 aliphatic rings. The van der Waals surface area contributed by atoms with Gasteiger partial charge in [-0.25, -0.2) is 0 Å². The van der Waals surface area contributed by atoms with Gasteiger partial charge >= 0.3 is 0 Å². The van der Waals surface area contributed by atoms with Crippen molar-refractivity contribution in [2.24, 2.45) is 0 Å². The van der Waals surface area contributed by atoms with Crippen molar-refractivity contribution in [2.45, 2.75) is 12.8 Å². The van der Waals surface area contributed by atoms with Crippen LogP contribution in [0.4, 0.5) is 5.69 Å². The molecule has 2 N–H and O–H groups in total. The average molecular weight is 365 g/mol. The lowest BCUT2D eigenvalue weighted by Gasteiger charge is -2.34. The van der Waals surface area contributed by atoms with E-state index in [1.165, 1.54) is 0 Å². The van der Waals surface area contributed by atoms with Crippen molar-refractivity contribution in [3.63, 3.8) is 0 Å². The van der Waals surface area contributed by atoms with Gasteiger partial charge in [-0.2, -0.15) is 5.26 Å². The summed E-state index contributed by atoms with van der Waals surface area (Å²) in [5.74, 6) is 0.0155. The average Bonchev–Trinajstić information content (AvgIpc) is 3.23. The summed E-state index contributed by atoms with van der Waals surface area (Å²) in [4.78, 5) is 31.4. The molecule has 1 fully saturated rings. The van der Waals surface area contributed by atoms with E-state index >= 15 is 0 Å². The maximum atomic E-state index is 12.3. The molecule has 0 bridgehead atoms. The second-order valence-electron chi connectivity index (χ2n) is 6.56. The van der Waals surface area contributed by atoms with Crippen LogP contribution in [0.2, 0.25) is 0 Å². The number of nitrogens with one attached hydrogen (secondary N) is 2. The minimum atomic E-state index is -0.0275. The minimum absolute atomic E-state index is 0.0275. The summed E-state index contributed by atoms with van der Waals surface area (Å²) in [7, 11) is 0. The lowest BCUT2D eigenvalue weighted by atomic mass is 10.2. The van der Waals surface area contributed by atoms with Gasteiger partial charge in [0.15, 0.2) is 0 Å². The molecule has 27 heavy (non-hydrogen) atoms. The van der Waals surface area contributed by atoms with E-state index in [1.807, 2.05) is 11.0 Å². The van der Waals surface area contributed by atoms with Crippen molar-refractivity contribution in [3.05, 3.63) is 53.9 Å². The zero-order valence-corrected chi connectivity index (χ0v) is 15.1. The predicted octanol–water partition coefficient (Wildman–Crippen LogP) is 2.06. The highest BCUT2D eigenvalue weighted by atomic mass is 16.2. The molecular weight excluding hydrogens is 342 g/mol. The van der Waals surface area contributed by atoms with Crippen molar-refractivity contribution < 1.29 is 9.59 Å². The predicted molar refractivity (Wildman–Crippen MR) is 102 cm³/mol. The number of aromatic amines is 1. The van der Waals surface area contributed by atoms with Crippen LogP contribution >= 0.6 is 0 Å². The number of nitrogens with zero attached hydrogens (tertiary/aromatic N) is 3. The highest BCUT2D eigenvalue weighted by Gasteiger charge is 2.22. The Hall–Kier alpha value is -3.11. The molecule has 7 heteroatoms. The molecule has 0 unspecified atom stereocenters. The molecule has 1 aromatic heterocycles. The van der Waals surface area contributed by atoms with Crippen molar-refractivity contribution >= 4 is 17.5 Å². The monoisotopic (exact) mass is 365 g/mol. The topological polar surface area (TPSA) is 92.2 Å². The number of H-pyrrole nitrogens is 1. The first kappa shape index (κ1) is 18.7. The molecule has 0 saturated carbocycles. The van der Waals surface area contributed by atoms with Crippen LogP contribution in [-0.2, 0) is 4.79 Å². The zero-order chi connectivity index (χ0) is 19.1. The Morgan fingerprint density at radius 1 is 1.11 bits per heavy atom. The number of nitriles is 1. The van der Waals surface area contributed by atoms with Gasteiger partial charge in [0.1, 0.15) is 5.69 Å². The Balaban J connectivity index is 1.34. The van der Waals surface area contributed by atoms with Crippen LogP contribution in [-0.4, -0.2) is 59.3 Å². The second-order valence-corrected chi connectivity index (χ2v) is 6.56. The maximum Gasteiger partial charge on any atom is 0.270 e. The van der Waals surface area contributed by atoms with E-state index < -0.39 is 0 Å². The zero-order valence-electron chi connectivity index (χ0n) is 15.1. The first-order chi connectivity index (χ1) is 13.2. The molecule has 140 valence electrons. The summed E-state index contributed by atoms with van der Waals surface area (Å²) in [6.45, 7) is 3.89. The molecular formula is C20H23N5O2. The van der Waals surface area contributed by atoms with E-state index in [0.717, 1.165) is 26.1 Å². The van der Waals surface area contributed by atoms with E-state index in [-0.39, 0.29) is 11.8 Å². The molecule has 0 radical (unpaired) electrons. The van der Waals surface area contributed by atoms with E-state index in [0.29, 0.717) is 36.5 Å². The summed E-state index contributed by atoms with van der Waals surface area (Å²) >= 11 is 0. The van der Waals surface area contributed by atoms with Gasteiger partial charge in [-0.1, -0.05) is 0 Å². The molecule has 1 saturated heterocycles. The first-order valence-electron chi connectivity index (χ1n) is 9.11. The Morgan fingerprint density at radius 3 is 2.48 bits per heavy atom. The van der Waals surface area contributed by atoms with E-state index in [1.54, 1.807) is 36.5 Å². The number of benzene rings is 1. The molecule has 3 rings (SSSR count). The van der Waals surface area contributed by atoms with Crippen LogP contribution in [0.15, 0.2) is 42.6 Å².